The largest absolute Gasteiger partial charge is 0.369 e. The maximum absolute atomic E-state index is 8.32. The second-order valence-electron chi connectivity index (χ2n) is 8.67. The molecule has 0 aromatic heterocycles. The zero-order valence-electron chi connectivity index (χ0n) is 16.8. The molecule has 3 rings (SSSR count). The predicted molar refractivity (Wildman–Crippen MR) is 103 cm³/mol. The monoisotopic (exact) mass is 335 g/mol. The van der Waals surface area contributed by atoms with Crippen LogP contribution in [0.4, 0.5) is 0 Å². The molecule has 0 aromatic rings. The Labute approximate surface area is 151 Å². The third-order valence-corrected chi connectivity index (χ3v) is 5.93. The molecule has 0 atom stereocenters. The van der Waals surface area contributed by atoms with E-state index in [-0.39, 0.29) is 11.2 Å². The highest BCUT2D eigenvalue weighted by Crippen LogP contribution is 2.49. The summed E-state index contributed by atoms with van der Waals surface area (Å²) in [7, 11) is 0. The molecule has 0 unspecified atom stereocenters. The van der Waals surface area contributed by atoms with Crippen molar-refractivity contribution >= 4 is 0 Å². The Kier molecular flexibility index (Phi) is 9.98. The van der Waals surface area contributed by atoms with Crippen molar-refractivity contribution < 1.29 is 4.74 Å². The Bertz CT molecular complexity index is 358. The van der Waals surface area contributed by atoms with Gasteiger partial charge in [-0.2, -0.15) is 5.26 Å². The van der Waals surface area contributed by atoms with Gasteiger partial charge in [0.2, 0.25) is 0 Å². The SMILES string of the molecule is CC12CCC(CC1)C(C)(C)O2.CCCCCCCCCCCC#N. The van der Waals surface area contributed by atoms with Gasteiger partial charge >= 0.3 is 0 Å². The molecule has 2 aliphatic heterocycles. The lowest BCUT2D eigenvalue weighted by Gasteiger charge is -2.54. The Morgan fingerprint density at radius 3 is 1.75 bits per heavy atom. The van der Waals surface area contributed by atoms with Crippen molar-refractivity contribution in [3.05, 3.63) is 0 Å². The van der Waals surface area contributed by atoms with Crippen LogP contribution in [0.25, 0.3) is 0 Å². The summed E-state index contributed by atoms with van der Waals surface area (Å²) >= 11 is 0. The van der Waals surface area contributed by atoms with Crippen LogP contribution in [0.2, 0.25) is 0 Å². The number of nitriles is 1. The molecule has 0 spiro atoms. The summed E-state index contributed by atoms with van der Waals surface area (Å²) in [6.07, 6.45) is 18.1. The number of ether oxygens (including phenoxy) is 1. The first-order chi connectivity index (χ1) is 11.4. The smallest absolute Gasteiger partial charge is 0.0662 e. The lowest BCUT2D eigenvalue weighted by Crippen LogP contribution is -2.53. The molecular weight excluding hydrogens is 294 g/mol. The highest BCUT2D eigenvalue weighted by atomic mass is 16.5. The van der Waals surface area contributed by atoms with Crippen LogP contribution in [0.1, 0.15) is 118 Å². The van der Waals surface area contributed by atoms with Crippen LogP contribution in [0.3, 0.4) is 0 Å². The molecule has 2 heteroatoms. The zero-order chi connectivity index (χ0) is 17.9. The minimum atomic E-state index is 0.158. The van der Waals surface area contributed by atoms with E-state index in [1.165, 1.54) is 77.0 Å². The summed E-state index contributed by atoms with van der Waals surface area (Å²) in [5, 5.41) is 8.32. The number of rotatable bonds is 9. The summed E-state index contributed by atoms with van der Waals surface area (Å²) in [5.41, 5.74) is 0.378. The quantitative estimate of drug-likeness (QED) is 0.418. The fourth-order valence-electron chi connectivity index (χ4n) is 4.26. The van der Waals surface area contributed by atoms with Crippen LogP contribution in [-0.2, 0) is 4.74 Å². The molecule has 1 aliphatic carbocycles. The predicted octanol–water partition coefficient (Wildman–Crippen LogP) is 7.17. The molecule has 0 aromatic carbocycles. The summed E-state index contributed by atoms with van der Waals surface area (Å²) in [5.74, 6) is 0.823. The van der Waals surface area contributed by atoms with Crippen LogP contribution in [0.5, 0.6) is 0 Å². The first-order valence-electron chi connectivity index (χ1n) is 10.5. The molecule has 2 bridgehead atoms. The average molecular weight is 336 g/mol. The molecule has 24 heavy (non-hydrogen) atoms. The van der Waals surface area contributed by atoms with Crippen molar-refractivity contribution in [3.63, 3.8) is 0 Å². The van der Waals surface area contributed by atoms with Gasteiger partial charge in [-0.25, -0.2) is 0 Å². The van der Waals surface area contributed by atoms with Gasteiger partial charge in [0.15, 0.2) is 0 Å². The van der Waals surface area contributed by atoms with Gasteiger partial charge in [-0.05, 0) is 58.8 Å². The van der Waals surface area contributed by atoms with Gasteiger partial charge in [0, 0.05) is 6.42 Å². The van der Waals surface area contributed by atoms with Gasteiger partial charge in [0.05, 0.1) is 17.3 Å². The van der Waals surface area contributed by atoms with E-state index in [0.29, 0.717) is 0 Å². The maximum atomic E-state index is 8.32. The van der Waals surface area contributed by atoms with Crippen LogP contribution in [0, 0.1) is 17.2 Å². The Balaban J connectivity index is 0.000000242. The topological polar surface area (TPSA) is 33.0 Å². The van der Waals surface area contributed by atoms with Gasteiger partial charge in [0.25, 0.3) is 0 Å². The van der Waals surface area contributed by atoms with Crippen LogP contribution >= 0.6 is 0 Å². The first-order valence-corrected chi connectivity index (χ1v) is 10.5. The summed E-state index contributed by atoms with van der Waals surface area (Å²) < 4.78 is 6.06. The van der Waals surface area contributed by atoms with Crippen molar-refractivity contribution in [1.29, 1.82) is 5.26 Å². The Hall–Kier alpha value is -0.550. The van der Waals surface area contributed by atoms with Gasteiger partial charge in [-0.3, -0.25) is 0 Å². The summed E-state index contributed by atoms with van der Waals surface area (Å²) in [6, 6.07) is 2.19. The van der Waals surface area contributed by atoms with Gasteiger partial charge in [0.1, 0.15) is 0 Å². The molecule has 3 fully saturated rings. The van der Waals surface area contributed by atoms with E-state index in [0.717, 1.165) is 18.8 Å². The first kappa shape index (κ1) is 21.5. The van der Waals surface area contributed by atoms with E-state index in [1.807, 2.05) is 0 Å². The van der Waals surface area contributed by atoms with Crippen LogP contribution in [-0.4, -0.2) is 11.2 Å². The van der Waals surface area contributed by atoms with Crippen molar-refractivity contribution in [2.75, 3.05) is 0 Å². The average Bonchev–Trinajstić information content (AvgIpc) is 2.53. The van der Waals surface area contributed by atoms with Gasteiger partial charge < -0.3 is 4.74 Å². The lowest BCUT2D eigenvalue weighted by atomic mass is 9.69. The summed E-state index contributed by atoms with van der Waals surface area (Å²) in [6.45, 7) is 9.01. The minimum absolute atomic E-state index is 0.158. The molecule has 2 nitrogen and oxygen atoms in total. The number of fused-ring (bicyclic) bond motifs is 3. The Morgan fingerprint density at radius 1 is 0.875 bits per heavy atom. The fourth-order valence-corrected chi connectivity index (χ4v) is 4.26. The third-order valence-electron chi connectivity index (χ3n) is 5.93. The molecule has 0 amide bonds. The highest BCUT2D eigenvalue weighted by Gasteiger charge is 2.48. The number of hydrogen-bond donors (Lipinski definition) is 0. The number of hydrogen-bond acceptors (Lipinski definition) is 2. The molecule has 0 N–H and O–H groups in total. The van der Waals surface area contributed by atoms with E-state index in [1.54, 1.807) is 0 Å². The molecule has 3 aliphatic rings. The zero-order valence-corrected chi connectivity index (χ0v) is 16.8. The number of unbranched alkanes of at least 4 members (excludes halogenated alkanes) is 9. The second kappa shape index (κ2) is 11.1. The molecule has 140 valence electrons. The van der Waals surface area contributed by atoms with Crippen LogP contribution < -0.4 is 0 Å². The van der Waals surface area contributed by atoms with Crippen LogP contribution in [0.15, 0.2) is 0 Å². The van der Waals surface area contributed by atoms with E-state index < -0.39 is 0 Å². The van der Waals surface area contributed by atoms with Crippen molar-refractivity contribution in [2.24, 2.45) is 5.92 Å². The maximum Gasteiger partial charge on any atom is 0.0662 e. The van der Waals surface area contributed by atoms with Gasteiger partial charge in [-0.15, -0.1) is 0 Å². The van der Waals surface area contributed by atoms with Gasteiger partial charge in [-0.1, -0.05) is 58.3 Å². The minimum Gasteiger partial charge on any atom is -0.369 e. The third kappa shape index (κ3) is 8.02. The molecule has 2 heterocycles. The number of nitrogens with zero attached hydrogens (tertiary/aromatic N) is 1. The van der Waals surface area contributed by atoms with E-state index in [4.69, 9.17) is 10.00 Å². The molecule has 0 radical (unpaired) electrons. The van der Waals surface area contributed by atoms with Crippen molar-refractivity contribution in [1.82, 2.24) is 0 Å². The van der Waals surface area contributed by atoms with E-state index in [2.05, 4.69) is 33.8 Å². The van der Waals surface area contributed by atoms with Crippen molar-refractivity contribution in [2.45, 2.75) is 129 Å². The lowest BCUT2D eigenvalue weighted by molar-refractivity contribution is -0.229. The second-order valence-corrected chi connectivity index (χ2v) is 8.67. The Morgan fingerprint density at radius 2 is 1.38 bits per heavy atom. The highest BCUT2D eigenvalue weighted by molar-refractivity contribution is 4.97. The fraction of sp³-hybridized carbons (Fsp3) is 0.955. The summed E-state index contributed by atoms with van der Waals surface area (Å²) in [4.78, 5) is 0. The van der Waals surface area contributed by atoms with Crippen molar-refractivity contribution in [3.8, 4) is 6.07 Å². The molecular formula is C22H41NO. The molecule has 2 saturated heterocycles. The molecule has 1 saturated carbocycles. The normalized spacial score (nSPS) is 27.2. The standard InChI is InChI=1S/C12H23N.C10H18O/c1-2-3-4-5-6-7-8-9-10-11-12-13;1-9(2)8-4-6-10(3,11-9)7-5-8/h2-11H2,1H3;8H,4-7H2,1-3H3. The van der Waals surface area contributed by atoms with E-state index >= 15 is 0 Å². The van der Waals surface area contributed by atoms with E-state index in [9.17, 15) is 0 Å².